The predicted molar refractivity (Wildman–Crippen MR) is 96.8 cm³/mol. The smallest absolute Gasteiger partial charge is 0.335 e. The molecule has 0 bridgehead atoms. The number of rotatable bonds is 4. The summed E-state index contributed by atoms with van der Waals surface area (Å²) in [6.45, 7) is 2.89. The molecule has 0 aliphatic carbocycles. The van der Waals surface area contributed by atoms with E-state index in [0.717, 1.165) is 12.0 Å². The van der Waals surface area contributed by atoms with Gasteiger partial charge in [-0.05, 0) is 54.3 Å². The van der Waals surface area contributed by atoms with Crippen molar-refractivity contribution in [2.24, 2.45) is 5.92 Å². The lowest BCUT2D eigenvalue weighted by Crippen LogP contribution is -2.42. The molecule has 0 saturated carbocycles. The first kappa shape index (κ1) is 18.4. The van der Waals surface area contributed by atoms with Gasteiger partial charge in [0.2, 0.25) is 10.0 Å². The molecule has 0 amide bonds. The number of aromatic hydroxyl groups is 1. The van der Waals surface area contributed by atoms with Crippen LogP contribution in [0.2, 0.25) is 0 Å². The molecule has 7 heteroatoms. The van der Waals surface area contributed by atoms with Crippen LogP contribution in [0, 0.1) is 5.92 Å². The maximum absolute atomic E-state index is 12.9. The van der Waals surface area contributed by atoms with Crippen LogP contribution in [0.4, 0.5) is 0 Å². The van der Waals surface area contributed by atoms with Gasteiger partial charge in [-0.3, -0.25) is 0 Å². The molecule has 26 heavy (non-hydrogen) atoms. The minimum absolute atomic E-state index is 0.0393. The molecule has 1 fully saturated rings. The number of aromatic carboxylic acids is 1. The topological polar surface area (TPSA) is 94.9 Å². The van der Waals surface area contributed by atoms with Crippen molar-refractivity contribution in [3.63, 3.8) is 0 Å². The van der Waals surface area contributed by atoms with Gasteiger partial charge >= 0.3 is 5.97 Å². The van der Waals surface area contributed by atoms with E-state index in [9.17, 15) is 18.3 Å². The fraction of sp³-hybridized carbons (Fsp3) is 0.316. The molecule has 138 valence electrons. The first-order chi connectivity index (χ1) is 12.3. The van der Waals surface area contributed by atoms with Gasteiger partial charge in [-0.2, -0.15) is 4.31 Å². The summed E-state index contributed by atoms with van der Waals surface area (Å²) in [5.41, 5.74) is 1.05. The lowest BCUT2D eigenvalue weighted by Gasteiger charge is -2.36. The number of carbonyl (C=O) groups is 1. The maximum atomic E-state index is 12.9. The van der Waals surface area contributed by atoms with E-state index in [2.05, 4.69) is 6.92 Å². The molecule has 1 heterocycles. The SMILES string of the molecule is C[C@@H]1CCN(S(=O)(=O)c2ccc(C(=O)O)cc2)C[C@@H]1c1ccc(O)cc1. The molecule has 0 aromatic heterocycles. The summed E-state index contributed by atoms with van der Waals surface area (Å²) in [6, 6.07) is 12.2. The van der Waals surface area contributed by atoms with Gasteiger partial charge in [-0.15, -0.1) is 0 Å². The summed E-state index contributed by atoms with van der Waals surface area (Å²) in [4.78, 5) is 11.0. The van der Waals surface area contributed by atoms with Crippen LogP contribution in [0.1, 0.15) is 35.2 Å². The summed E-state index contributed by atoms with van der Waals surface area (Å²) in [5.74, 6) is -0.550. The van der Waals surface area contributed by atoms with E-state index in [0.29, 0.717) is 19.0 Å². The van der Waals surface area contributed by atoms with Crippen molar-refractivity contribution >= 4 is 16.0 Å². The standard InChI is InChI=1S/C19H21NO5S/c1-13-10-11-20(12-18(13)14-2-6-16(21)7-3-14)26(24,25)17-8-4-15(5-9-17)19(22)23/h2-9,13,18,21H,10-12H2,1H3,(H,22,23)/t13-,18+/m1/s1. The summed E-state index contributed by atoms with van der Waals surface area (Å²) in [7, 11) is -3.69. The van der Waals surface area contributed by atoms with Gasteiger partial charge in [0.25, 0.3) is 0 Å². The predicted octanol–water partition coefficient (Wildman–Crippen LogP) is 2.90. The van der Waals surface area contributed by atoms with Gasteiger partial charge in [0.05, 0.1) is 10.5 Å². The highest BCUT2D eigenvalue weighted by molar-refractivity contribution is 7.89. The van der Waals surface area contributed by atoms with Gasteiger partial charge in [-0.1, -0.05) is 19.1 Å². The average molecular weight is 375 g/mol. The van der Waals surface area contributed by atoms with Crippen molar-refractivity contribution in [1.29, 1.82) is 0 Å². The Kier molecular flexibility index (Phi) is 5.02. The van der Waals surface area contributed by atoms with E-state index >= 15 is 0 Å². The zero-order chi connectivity index (χ0) is 18.9. The fourth-order valence-electron chi connectivity index (χ4n) is 3.33. The van der Waals surface area contributed by atoms with Crippen LogP contribution in [0.5, 0.6) is 5.75 Å². The first-order valence-corrected chi connectivity index (χ1v) is 9.85. The van der Waals surface area contributed by atoms with Crippen molar-refractivity contribution in [2.45, 2.75) is 24.2 Å². The number of carboxylic acid groups (broad SMARTS) is 1. The molecule has 0 radical (unpaired) electrons. The maximum Gasteiger partial charge on any atom is 0.335 e. The average Bonchev–Trinajstić information content (AvgIpc) is 2.63. The third-order valence-electron chi connectivity index (χ3n) is 4.98. The lowest BCUT2D eigenvalue weighted by molar-refractivity contribution is 0.0696. The van der Waals surface area contributed by atoms with Gasteiger partial charge in [0, 0.05) is 19.0 Å². The monoisotopic (exact) mass is 375 g/mol. The largest absolute Gasteiger partial charge is 0.508 e. The molecule has 2 aromatic carbocycles. The Morgan fingerprint density at radius 2 is 1.69 bits per heavy atom. The number of phenols is 1. The van der Waals surface area contributed by atoms with Gasteiger partial charge in [0.15, 0.2) is 0 Å². The molecule has 0 spiro atoms. The normalized spacial score (nSPS) is 21.4. The summed E-state index contributed by atoms with van der Waals surface area (Å²) in [5, 5.41) is 18.4. The molecule has 2 atom stereocenters. The number of phenolic OH excluding ortho intramolecular Hbond substituents is 1. The van der Waals surface area contributed by atoms with Gasteiger partial charge in [0.1, 0.15) is 5.75 Å². The molecule has 6 nitrogen and oxygen atoms in total. The second-order valence-electron chi connectivity index (χ2n) is 6.66. The Bertz CT molecular complexity index is 891. The van der Waals surface area contributed by atoms with E-state index < -0.39 is 16.0 Å². The second kappa shape index (κ2) is 7.09. The van der Waals surface area contributed by atoms with E-state index in [1.54, 1.807) is 12.1 Å². The fourth-order valence-corrected chi connectivity index (χ4v) is 4.81. The van der Waals surface area contributed by atoms with E-state index in [1.165, 1.54) is 28.6 Å². The van der Waals surface area contributed by atoms with Crippen LogP contribution in [-0.4, -0.2) is 42.0 Å². The van der Waals surface area contributed by atoms with Crippen LogP contribution < -0.4 is 0 Å². The Morgan fingerprint density at radius 3 is 2.27 bits per heavy atom. The molecule has 2 aromatic rings. The Balaban J connectivity index is 1.85. The van der Waals surface area contributed by atoms with Crippen LogP contribution in [-0.2, 0) is 10.0 Å². The second-order valence-corrected chi connectivity index (χ2v) is 8.59. The molecular weight excluding hydrogens is 354 g/mol. The molecule has 3 rings (SSSR count). The summed E-state index contributed by atoms with van der Waals surface area (Å²) < 4.78 is 27.3. The molecular formula is C19H21NO5S. The van der Waals surface area contributed by atoms with Crippen LogP contribution in [0.3, 0.4) is 0 Å². The number of sulfonamides is 1. The summed E-state index contributed by atoms with van der Waals surface area (Å²) >= 11 is 0. The number of hydrogen-bond donors (Lipinski definition) is 2. The number of nitrogens with zero attached hydrogens (tertiary/aromatic N) is 1. The highest BCUT2D eigenvalue weighted by Gasteiger charge is 2.34. The van der Waals surface area contributed by atoms with Crippen LogP contribution in [0.25, 0.3) is 0 Å². The zero-order valence-corrected chi connectivity index (χ0v) is 15.2. The summed E-state index contributed by atoms with van der Waals surface area (Å²) in [6.07, 6.45) is 0.734. The lowest BCUT2D eigenvalue weighted by atomic mass is 9.83. The van der Waals surface area contributed by atoms with Crippen molar-refractivity contribution < 1.29 is 23.4 Å². The quantitative estimate of drug-likeness (QED) is 0.857. The number of piperidine rings is 1. The van der Waals surface area contributed by atoms with Crippen molar-refractivity contribution in [1.82, 2.24) is 4.31 Å². The number of carboxylic acids is 1. The van der Waals surface area contributed by atoms with E-state index in [-0.39, 0.29) is 22.1 Å². The number of benzene rings is 2. The minimum Gasteiger partial charge on any atom is -0.508 e. The first-order valence-electron chi connectivity index (χ1n) is 8.41. The van der Waals surface area contributed by atoms with Crippen molar-refractivity contribution in [2.75, 3.05) is 13.1 Å². The van der Waals surface area contributed by atoms with Gasteiger partial charge in [-0.25, -0.2) is 13.2 Å². The molecule has 1 saturated heterocycles. The number of hydrogen-bond acceptors (Lipinski definition) is 4. The van der Waals surface area contributed by atoms with Gasteiger partial charge < -0.3 is 10.2 Å². The van der Waals surface area contributed by atoms with Crippen LogP contribution in [0.15, 0.2) is 53.4 Å². The Hall–Kier alpha value is -2.38. The van der Waals surface area contributed by atoms with E-state index in [4.69, 9.17) is 5.11 Å². The molecule has 2 N–H and O–H groups in total. The highest BCUT2D eigenvalue weighted by atomic mass is 32.2. The third-order valence-corrected chi connectivity index (χ3v) is 6.86. The minimum atomic E-state index is -3.69. The molecule has 1 aliphatic heterocycles. The zero-order valence-electron chi connectivity index (χ0n) is 14.4. The Morgan fingerprint density at radius 1 is 1.08 bits per heavy atom. The van der Waals surface area contributed by atoms with Crippen molar-refractivity contribution in [3.05, 3.63) is 59.7 Å². The van der Waals surface area contributed by atoms with Crippen molar-refractivity contribution in [3.8, 4) is 5.75 Å². The molecule has 0 unspecified atom stereocenters. The van der Waals surface area contributed by atoms with E-state index in [1.807, 2.05) is 12.1 Å². The van der Waals surface area contributed by atoms with Crippen LogP contribution >= 0.6 is 0 Å². The Labute approximate surface area is 152 Å². The highest BCUT2D eigenvalue weighted by Crippen LogP contribution is 2.35. The third kappa shape index (κ3) is 3.59. The molecule has 1 aliphatic rings.